The molecule has 0 aromatic heterocycles. The molecule has 0 unspecified atom stereocenters. The van der Waals surface area contributed by atoms with Gasteiger partial charge < -0.3 is 64.0 Å². The molecule has 0 radical (unpaired) electrons. The second-order valence-electron chi connectivity index (χ2n) is 19.3. The Labute approximate surface area is 428 Å². The molecule has 0 aromatic rings. The number of aliphatic hydroxyl groups is 1. The average Bonchev–Trinajstić information content (AvgIpc) is 3.99. The van der Waals surface area contributed by atoms with E-state index in [4.69, 9.17) is 11.5 Å². The summed E-state index contributed by atoms with van der Waals surface area (Å²) in [6, 6.07) is -9.54. The summed E-state index contributed by atoms with van der Waals surface area (Å²) in [6.07, 6.45) is 1.21. The quantitative estimate of drug-likeness (QED) is 0.0213. The summed E-state index contributed by atoms with van der Waals surface area (Å²) in [6.45, 7) is 16.4. The number of nitrogens with one attached hydrogen (secondary N) is 8. The predicted molar refractivity (Wildman–Crippen MR) is 269 cm³/mol. The number of guanidine groups is 1. The molecule has 11 amide bonds. The van der Waals surface area contributed by atoms with Crippen LogP contribution in [0.1, 0.15) is 133 Å². The molecular formula is C48H83N13O12. The maximum Gasteiger partial charge on any atom is 0.245 e. The third kappa shape index (κ3) is 18.9. The molecular weight excluding hydrogens is 951 g/mol. The Kier molecular flexibility index (Phi) is 26.3. The third-order valence-corrected chi connectivity index (χ3v) is 13.2. The highest BCUT2D eigenvalue weighted by atomic mass is 16.3. The highest BCUT2D eigenvalue weighted by Crippen LogP contribution is 2.22. The molecule has 0 spiro atoms. The fraction of sp³-hybridized carbons (Fsp3) is 0.750. The van der Waals surface area contributed by atoms with Crippen LogP contribution in [-0.4, -0.2) is 166 Å². The molecule has 2 saturated heterocycles. The van der Waals surface area contributed by atoms with Gasteiger partial charge in [0.15, 0.2) is 5.96 Å². The second kappa shape index (κ2) is 30.6. The van der Waals surface area contributed by atoms with E-state index in [2.05, 4.69) is 47.5 Å². The first-order valence-electron chi connectivity index (χ1n) is 25.6. The van der Waals surface area contributed by atoms with Crippen LogP contribution in [0.25, 0.3) is 0 Å². The number of nitrogens with zero attached hydrogens (tertiary/aromatic N) is 3. The smallest absolute Gasteiger partial charge is 0.245 e. The van der Waals surface area contributed by atoms with Gasteiger partial charge in [0.25, 0.3) is 0 Å². The van der Waals surface area contributed by atoms with Crippen molar-refractivity contribution in [2.24, 2.45) is 34.2 Å². The molecule has 2 heterocycles. The van der Waals surface area contributed by atoms with Crippen LogP contribution < -0.4 is 54.0 Å². The number of likely N-dealkylation sites (tertiary alicyclic amines) is 2. The van der Waals surface area contributed by atoms with Crippen molar-refractivity contribution in [2.75, 3.05) is 26.2 Å². The third-order valence-electron chi connectivity index (χ3n) is 13.2. The van der Waals surface area contributed by atoms with Crippen LogP contribution in [-0.2, 0) is 52.7 Å². The van der Waals surface area contributed by atoms with Crippen LogP contribution in [0.15, 0.2) is 4.99 Å². The summed E-state index contributed by atoms with van der Waals surface area (Å²) in [7, 11) is 0. The Balaban J connectivity index is 2.27. The van der Waals surface area contributed by atoms with E-state index in [1.807, 2.05) is 6.92 Å². The SMILES string of the molecule is CCC[C@H](NC(=O)[C@@H](NC(=O)[C@H](NC(=O)[C@@H](NC(=O)CNC(=O)[C@@H]1CCC(=O)N1C(C)=O)C(C)C)[C@@H](C)CC)[C@@H](C)O)C(=O)N[C@H](C(=O)N[C@@H](CCCN=C(N)N)C(=O)N1CCC[C@H]1C(=O)NCC)[C@@H](C)CC. The molecule has 2 rings (SSSR count). The molecule has 2 aliphatic heterocycles. The van der Waals surface area contributed by atoms with Crippen molar-refractivity contribution in [1.29, 1.82) is 0 Å². The van der Waals surface area contributed by atoms with Crippen LogP contribution in [0, 0.1) is 17.8 Å². The fourth-order valence-electron chi connectivity index (χ4n) is 8.56. The first-order valence-corrected chi connectivity index (χ1v) is 25.6. The van der Waals surface area contributed by atoms with Gasteiger partial charge in [0.2, 0.25) is 65.0 Å². The van der Waals surface area contributed by atoms with Gasteiger partial charge in [0, 0.05) is 33.0 Å². The van der Waals surface area contributed by atoms with Crippen LogP contribution in [0.5, 0.6) is 0 Å². The lowest BCUT2D eigenvalue weighted by Crippen LogP contribution is -2.63. The van der Waals surface area contributed by atoms with Crippen molar-refractivity contribution in [1.82, 2.24) is 52.3 Å². The monoisotopic (exact) mass is 1030 g/mol. The molecule has 13 N–H and O–H groups in total. The number of likely N-dealkylation sites (N-methyl/N-ethyl adjacent to an activating group) is 1. The number of amides is 11. The number of carbonyl (C=O) groups is 11. The van der Waals surface area contributed by atoms with E-state index in [1.54, 1.807) is 48.5 Å². The Hall–Kier alpha value is -6.40. The fourth-order valence-corrected chi connectivity index (χ4v) is 8.56. The number of rotatable bonds is 29. The van der Waals surface area contributed by atoms with Gasteiger partial charge >= 0.3 is 0 Å². The Morgan fingerprint density at radius 2 is 1.21 bits per heavy atom. The van der Waals surface area contributed by atoms with E-state index >= 15 is 0 Å². The molecule has 2 aliphatic rings. The minimum atomic E-state index is -1.64. The van der Waals surface area contributed by atoms with E-state index < -0.39 is 138 Å². The van der Waals surface area contributed by atoms with Crippen LogP contribution in [0.4, 0.5) is 0 Å². The standard InChI is InChI=1S/C48H83N13O12/c1-11-17-30(40(66)57-37(26(7)12-2)44(70)55-31(18-15-22-52-48(49)50)47(73)60-23-16-19-32(60)41(67)51-14-4)54-46(72)39(28(9)62)59-45(71)38(27(8)13-3)58-43(69)36(25(5)6)56-34(64)24-53-42(68)33-20-21-35(65)61(33)29(10)63/h25-28,30-33,36-39,62H,11-24H2,1-10H3,(H,51,67)(H,53,68)(H,54,72)(H,55,70)(H,56,64)(H,57,66)(H,58,69)(H,59,71)(H4,49,50,52)/t26-,27-,28+,30-,31-,32-,33-,36-,37-,38+,39-/m0/s1. The van der Waals surface area contributed by atoms with E-state index in [0.717, 1.165) is 11.8 Å². The maximum absolute atomic E-state index is 14.2. The number of hydrogen-bond donors (Lipinski definition) is 11. The lowest BCUT2D eigenvalue weighted by atomic mass is 9.95. The van der Waals surface area contributed by atoms with Crippen molar-refractivity contribution in [3.8, 4) is 0 Å². The predicted octanol–water partition coefficient (Wildman–Crippen LogP) is -2.34. The van der Waals surface area contributed by atoms with Crippen LogP contribution >= 0.6 is 0 Å². The van der Waals surface area contributed by atoms with Gasteiger partial charge in [-0.15, -0.1) is 0 Å². The molecule has 0 saturated carbocycles. The largest absolute Gasteiger partial charge is 0.391 e. The van der Waals surface area contributed by atoms with Gasteiger partial charge in [-0.05, 0) is 70.1 Å². The summed E-state index contributed by atoms with van der Waals surface area (Å²) in [5, 5.41) is 31.9. The Morgan fingerprint density at radius 1 is 0.671 bits per heavy atom. The van der Waals surface area contributed by atoms with Crippen LogP contribution in [0.2, 0.25) is 0 Å². The Bertz CT molecular complexity index is 2000. The van der Waals surface area contributed by atoms with Crippen molar-refractivity contribution < 1.29 is 57.8 Å². The zero-order valence-electron chi connectivity index (χ0n) is 44.3. The van der Waals surface area contributed by atoms with Crippen molar-refractivity contribution in [3.05, 3.63) is 0 Å². The number of hydrogen-bond acceptors (Lipinski definition) is 13. The molecule has 412 valence electrons. The normalized spacial score (nSPS) is 19.1. The van der Waals surface area contributed by atoms with Gasteiger partial charge in [-0.3, -0.25) is 62.6 Å². The zero-order valence-corrected chi connectivity index (χ0v) is 44.3. The van der Waals surface area contributed by atoms with Crippen molar-refractivity contribution >= 4 is 70.9 Å². The zero-order chi connectivity index (χ0) is 55.3. The maximum atomic E-state index is 14.2. The van der Waals surface area contributed by atoms with Gasteiger partial charge in [-0.2, -0.15) is 0 Å². The van der Waals surface area contributed by atoms with E-state index in [0.29, 0.717) is 51.6 Å². The summed E-state index contributed by atoms with van der Waals surface area (Å²) in [4.78, 5) is 153. The summed E-state index contributed by atoms with van der Waals surface area (Å²) in [5.41, 5.74) is 11.0. The second-order valence-corrected chi connectivity index (χ2v) is 19.3. The van der Waals surface area contributed by atoms with Crippen molar-refractivity contribution in [3.63, 3.8) is 0 Å². The first kappa shape index (κ1) is 62.7. The number of nitrogens with two attached hydrogens (primary N) is 2. The summed E-state index contributed by atoms with van der Waals surface area (Å²) in [5.74, 6) is -9.09. The van der Waals surface area contributed by atoms with E-state index in [-0.39, 0.29) is 44.1 Å². The number of imide groups is 1. The lowest BCUT2D eigenvalue weighted by molar-refractivity contribution is -0.146. The minimum Gasteiger partial charge on any atom is -0.391 e. The minimum absolute atomic E-state index is 0.00718. The number of carbonyl (C=O) groups excluding carboxylic acids is 11. The van der Waals surface area contributed by atoms with Crippen molar-refractivity contribution in [2.45, 2.75) is 188 Å². The van der Waals surface area contributed by atoms with Gasteiger partial charge in [0.1, 0.15) is 48.3 Å². The van der Waals surface area contributed by atoms with Crippen LogP contribution in [0.3, 0.4) is 0 Å². The van der Waals surface area contributed by atoms with Gasteiger partial charge in [-0.25, -0.2) is 0 Å². The molecule has 0 aromatic carbocycles. The average molecular weight is 1030 g/mol. The molecule has 73 heavy (non-hydrogen) atoms. The van der Waals surface area contributed by atoms with E-state index in [9.17, 15) is 57.8 Å². The number of aliphatic hydroxyl groups excluding tert-OH is 1. The highest BCUT2D eigenvalue weighted by molar-refractivity contribution is 6.03. The Morgan fingerprint density at radius 3 is 1.74 bits per heavy atom. The lowest BCUT2D eigenvalue weighted by Gasteiger charge is -2.32. The highest BCUT2D eigenvalue weighted by Gasteiger charge is 2.41. The van der Waals surface area contributed by atoms with Gasteiger partial charge in [-0.1, -0.05) is 67.7 Å². The van der Waals surface area contributed by atoms with E-state index in [1.165, 1.54) is 11.8 Å². The summed E-state index contributed by atoms with van der Waals surface area (Å²) >= 11 is 0. The van der Waals surface area contributed by atoms with Gasteiger partial charge in [0.05, 0.1) is 12.6 Å². The molecule has 25 heteroatoms. The molecule has 25 nitrogen and oxygen atoms in total. The number of aliphatic imine (C=N–C) groups is 1. The molecule has 0 bridgehead atoms. The molecule has 2 fully saturated rings. The molecule has 0 aliphatic carbocycles. The molecule has 11 atom stereocenters. The summed E-state index contributed by atoms with van der Waals surface area (Å²) < 4.78 is 0. The topological polar surface area (TPSA) is 375 Å². The first-order chi connectivity index (χ1) is 34.3.